The molecule has 1 aliphatic carbocycles. The molecule has 0 aromatic heterocycles. The molecule has 20 heavy (non-hydrogen) atoms. The van der Waals surface area contributed by atoms with E-state index in [1.54, 1.807) is 6.07 Å². The molecular weight excluding hydrogens is 319 g/mol. The molecule has 110 valence electrons. The Morgan fingerprint density at radius 1 is 1.40 bits per heavy atom. The first-order valence-corrected chi connectivity index (χ1v) is 8.38. The fourth-order valence-electron chi connectivity index (χ4n) is 3.18. The molecule has 0 radical (unpaired) electrons. The average Bonchev–Trinajstić information content (AvgIpc) is 3.28. The quantitative estimate of drug-likeness (QED) is 0.901. The molecule has 1 aromatic rings. The summed E-state index contributed by atoms with van der Waals surface area (Å²) in [5.41, 5.74) is 1.06. The lowest BCUT2D eigenvalue weighted by Gasteiger charge is -2.40. The van der Waals surface area contributed by atoms with E-state index < -0.39 is 0 Å². The third kappa shape index (κ3) is 3.07. The lowest BCUT2D eigenvalue weighted by atomic mass is 10.0. The first-order chi connectivity index (χ1) is 9.69. The minimum Gasteiger partial charge on any atom is -0.311 e. The third-order valence-corrected chi connectivity index (χ3v) is 5.52. The Kier molecular flexibility index (Phi) is 4.43. The molecule has 3 rings (SSSR count). The number of halogens is 2. The molecule has 0 amide bonds. The molecule has 1 aromatic carbocycles. The van der Waals surface area contributed by atoms with Crippen LogP contribution in [-0.4, -0.2) is 30.1 Å². The van der Waals surface area contributed by atoms with Crippen molar-refractivity contribution in [3.05, 3.63) is 34.1 Å². The molecule has 4 heteroatoms. The van der Waals surface area contributed by atoms with E-state index in [2.05, 4.69) is 33.1 Å². The first kappa shape index (κ1) is 14.5. The van der Waals surface area contributed by atoms with Gasteiger partial charge in [-0.2, -0.15) is 0 Å². The van der Waals surface area contributed by atoms with Crippen LogP contribution in [0.2, 0.25) is 0 Å². The molecule has 1 N–H and O–H groups in total. The second-order valence-corrected chi connectivity index (χ2v) is 6.85. The third-order valence-electron chi connectivity index (χ3n) is 4.63. The van der Waals surface area contributed by atoms with Crippen LogP contribution in [0.15, 0.2) is 22.7 Å². The maximum Gasteiger partial charge on any atom is 0.137 e. The van der Waals surface area contributed by atoms with Crippen molar-refractivity contribution in [2.75, 3.05) is 13.1 Å². The van der Waals surface area contributed by atoms with Crippen LogP contribution in [0.25, 0.3) is 0 Å². The second-order valence-electron chi connectivity index (χ2n) is 6.06. The second kappa shape index (κ2) is 6.12. The lowest BCUT2D eigenvalue weighted by molar-refractivity contribution is 0.111. The highest BCUT2D eigenvalue weighted by atomic mass is 79.9. The van der Waals surface area contributed by atoms with Crippen LogP contribution in [-0.2, 0) is 6.54 Å². The summed E-state index contributed by atoms with van der Waals surface area (Å²) >= 11 is 3.39. The van der Waals surface area contributed by atoms with Crippen molar-refractivity contribution in [1.29, 1.82) is 0 Å². The van der Waals surface area contributed by atoms with Crippen LogP contribution in [0.5, 0.6) is 0 Å². The minimum absolute atomic E-state index is 0.163. The van der Waals surface area contributed by atoms with Gasteiger partial charge in [-0.1, -0.05) is 19.1 Å². The maximum atomic E-state index is 13.6. The van der Waals surface area contributed by atoms with Gasteiger partial charge < -0.3 is 5.32 Å². The van der Waals surface area contributed by atoms with Gasteiger partial charge in [-0.25, -0.2) is 4.39 Å². The highest BCUT2D eigenvalue weighted by Gasteiger charge is 2.36. The van der Waals surface area contributed by atoms with E-state index in [0.29, 0.717) is 16.6 Å². The molecule has 2 nitrogen and oxygen atoms in total. The smallest absolute Gasteiger partial charge is 0.137 e. The molecule has 1 saturated heterocycles. The van der Waals surface area contributed by atoms with Crippen LogP contribution in [0.4, 0.5) is 4.39 Å². The van der Waals surface area contributed by atoms with Crippen molar-refractivity contribution in [1.82, 2.24) is 10.2 Å². The number of nitrogens with zero attached hydrogens (tertiary/aromatic N) is 1. The zero-order valence-electron chi connectivity index (χ0n) is 11.9. The molecule has 1 heterocycles. The Bertz CT molecular complexity index is 476. The molecule has 2 unspecified atom stereocenters. The van der Waals surface area contributed by atoms with Crippen LogP contribution >= 0.6 is 15.9 Å². The van der Waals surface area contributed by atoms with E-state index in [9.17, 15) is 4.39 Å². The van der Waals surface area contributed by atoms with Crippen molar-refractivity contribution in [3.63, 3.8) is 0 Å². The Labute approximate surface area is 128 Å². The number of hydrogen-bond acceptors (Lipinski definition) is 2. The van der Waals surface area contributed by atoms with Crippen molar-refractivity contribution in [2.45, 2.75) is 44.8 Å². The molecule has 1 saturated carbocycles. The van der Waals surface area contributed by atoms with Gasteiger partial charge in [0.25, 0.3) is 0 Å². The number of benzene rings is 1. The Balaban J connectivity index is 1.73. The van der Waals surface area contributed by atoms with Crippen molar-refractivity contribution >= 4 is 15.9 Å². The standard InChI is InChI=1S/C16H22BrFN2/c1-2-13-8-19-15(11-6-7-11)10-20(13)9-12-4-3-5-14(18)16(12)17/h3-5,11,13,15,19H,2,6-10H2,1H3. The number of rotatable bonds is 4. The SMILES string of the molecule is CCC1CNC(C2CC2)CN1Cc1cccc(F)c1Br. The zero-order valence-corrected chi connectivity index (χ0v) is 13.5. The summed E-state index contributed by atoms with van der Waals surface area (Å²) in [7, 11) is 0. The molecule has 0 bridgehead atoms. The van der Waals surface area contributed by atoms with Gasteiger partial charge in [-0.3, -0.25) is 4.90 Å². The van der Waals surface area contributed by atoms with E-state index in [0.717, 1.165) is 37.5 Å². The molecule has 1 aliphatic heterocycles. The lowest BCUT2D eigenvalue weighted by Crippen LogP contribution is -2.56. The highest BCUT2D eigenvalue weighted by Crippen LogP contribution is 2.35. The highest BCUT2D eigenvalue weighted by molar-refractivity contribution is 9.10. The van der Waals surface area contributed by atoms with Gasteiger partial charge >= 0.3 is 0 Å². The number of nitrogens with one attached hydrogen (secondary N) is 1. The van der Waals surface area contributed by atoms with Gasteiger partial charge in [0.1, 0.15) is 5.82 Å². The van der Waals surface area contributed by atoms with Gasteiger partial charge in [0, 0.05) is 31.7 Å². The first-order valence-electron chi connectivity index (χ1n) is 7.59. The minimum atomic E-state index is -0.163. The molecule has 2 fully saturated rings. The van der Waals surface area contributed by atoms with Gasteiger partial charge in [0.2, 0.25) is 0 Å². The predicted octanol–water partition coefficient (Wildman–Crippen LogP) is 3.55. The van der Waals surface area contributed by atoms with Gasteiger partial charge in [0.15, 0.2) is 0 Å². The average molecular weight is 341 g/mol. The largest absolute Gasteiger partial charge is 0.311 e. The molecule has 2 atom stereocenters. The van der Waals surface area contributed by atoms with E-state index in [4.69, 9.17) is 0 Å². The summed E-state index contributed by atoms with van der Waals surface area (Å²) in [5.74, 6) is 0.704. The number of piperazine rings is 1. The van der Waals surface area contributed by atoms with Crippen LogP contribution in [0.3, 0.4) is 0 Å². The van der Waals surface area contributed by atoms with Gasteiger partial charge in [-0.05, 0) is 52.7 Å². The molecule has 2 aliphatic rings. The Hall–Kier alpha value is -0.450. The van der Waals surface area contributed by atoms with E-state index in [-0.39, 0.29) is 5.82 Å². The van der Waals surface area contributed by atoms with Gasteiger partial charge in [-0.15, -0.1) is 0 Å². The maximum absolute atomic E-state index is 13.6. The normalized spacial score (nSPS) is 27.8. The van der Waals surface area contributed by atoms with Gasteiger partial charge in [0.05, 0.1) is 4.47 Å². The number of hydrogen-bond donors (Lipinski definition) is 1. The van der Waals surface area contributed by atoms with Crippen molar-refractivity contribution in [3.8, 4) is 0 Å². The van der Waals surface area contributed by atoms with Crippen molar-refractivity contribution in [2.24, 2.45) is 5.92 Å². The molecular formula is C16H22BrFN2. The summed E-state index contributed by atoms with van der Waals surface area (Å²) in [5, 5.41) is 3.70. The summed E-state index contributed by atoms with van der Waals surface area (Å²) in [6.45, 7) is 5.22. The van der Waals surface area contributed by atoms with Crippen LogP contribution in [0, 0.1) is 11.7 Å². The summed E-state index contributed by atoms with van der Waals surface area (Å²) < 4.78 is 14.3. The fourth-order valence-corrected chi connectivity index (χ4v) is 3.57. The predicted molar refractivity (Wildman–Crippen MR) is 83.1 cm³/mol. The molecule has 0 spiro atoms. The summed E-state index contributed by atoms with van der Waals surface area (Å²) in [6.07, 6.45) is 3.87. The topological polar surface area (TPSA) is 15.3 Å². The van der Waals surface area contributed by atoms with E-state index in [1.165, 1.54) is 18.9 Å². The Morgan fingerprint density at radius 2 is 2.20 bits per heavy atom. The van der Waals surface area contributed by atoms with E-state index in [1.807, 2.05) is 6.07 Å². The monoisotopic (exact) mass is 340 g/mol. The summed E-state index contributed by atoms with van der Waals surface area (Å²) in [4.78, 5) is 2.53. The Morgan fingerprint density at radius 3 is 2.90 bits per heavy atom. The van der Waals surface area contributed by atoms with Crippen LogP contribution < -0.4 is 5.32 Å². The van der Waals surface area contributed by atoms with Crippen molar-refractivity contribution < 1.29 is 4.39 Å². The van der Waals surface area contributed by atoms with E-state index >= 15 is 0 Å². The summed E-state index contributed by atoms with van der Waals surface area (Å²) in [6, 6.07) is 6.52. The zero-order chi connectivity index (χ0) is 14.1. The van der Waals surface area contributed by atoms with Crippen LogP contribution in [0.1, 0.15) is 31.7 Å². The fraction of sp³-hybridized carbons (Fsp3) is 0.625.